The highest BCUT2D eigenvalue weighted by Gasteiger charge is 2.31. The second kappa shape index (κ2) is 7.96. The normalized spacial score (nSPS) is 16.6. The number of benzene rings is 2. The summed E-state index contributed by atoms with van der Waals surface area (Å²) in [6.07, 6.45) is 2.86. The maximum Gasteiger partial charge on any atom is 0.243 e. The molecule has 6 nitrogen and oxygen atoms in total. The largest absolute Gasteiger partial charge is 0.473 e. The van der Waals surface area contributed by atoms with Gasteiger partial charge in [-0.15, -0.1) is 5.10 Å². The quantitative estimate of drug-likeness (QED) is 0.628. The van der Waals surface area contributed by atoms with Crippen LogP contribution in [-0.4, -0.2) is 42.1 Å². The maximum atomic E-state index is 13.1. The zero-order chi connectivity index (χ0) is 21.4. The molecule has 1 aliphatic rings. The number of ether oxygens (including phenoxy) is 1. The van der Waals surface area contributed by atoms with Crippen molar-refractivity contribution >= 4 is 20.8 Å². The van der Waals surface area contributed by atoms with E-state index in [4.69, 9.17) is 4.74 Å². The topological polar surface area (TPSA) is 72.4 Å². The van der Waals surface area contributed by atoms with Gasteiger partial charge in [-0.05, 0) is 42.0 Å². The number of aromatic nitrogens is 2. The molecule has 4 rings (SSSR count). The summed E-state index contributed by atoms with van der Waals surface area (Å²) in [7, 11) is -3.51. The average Bonchev–Trinajstić information content (AvgIpc) is 2.74. The fraction of sp³-hybridized carbons (Fsp3) is 0.391. The maximum absolute atomic E-state index is 13.1. The first kappa shape index (κ1) is 20.8. The molecule has 0 bridgehead atoms. The fourth-order valence-corrected chi connectivity index (χ4v) is 5.18. The fourth-order valence-electron chi connectivity index (χ4n) is 3.71. The summed E-state index contributed by atoms with van der Waals surface area (Å²) >= 11 is 0. The molecule has 0 unspecified atom stereocenters. The lowest BCUT2D eigenvalue weighted by molar-refractivity contribution is 0.130. The average molecular weight is 426 g/mol. The van der Waals surface area contributed by atoms with Gasteiger partial charge in [-0.25, -0.2) is 8.42 Å². The van der Waals surface area contributed by atoms with Crippen molar-refractivity contribution in [3.8, 4) is 5.88 Å². The van der Waals surface area contributed by atoms with Gasteiger partial charge in [0.15, 0.2) is 0 Å². The molecule has 0 saturated carbocycles. The summed E-state index contributed by atoms with van der Waals surface area (Å²) in [5.41, 5.74) is 1.10. The molecular formula is C23H27N3O3S. The Kier molecular flexibility index (Phi) is 5.51. The van der Waals surface area contributed by atoms with Crippen LogP contribution in [-0.2, 0) is 15.4 Å². The van der Waals surface area contributed by atoms with E-state index in [-0.39, 0.29) is 11.5 Å². The van der Waals surface area contributed by atoms with Crippen molar-refractivity contribution in [1.29, 1.82) is 0 Å². The lowest BCUT2D eigenvalue weighted by Gasteiger charge is -2.31. The number of rotatable bonds is 4. The van der Waals surface area contributed by atoms with Crippen LogP contribution in [0.2, 0.25) is 0 Å². The van der Waals surface area contributed by atoms with Gasteiger partial charge in [0, 0.05) is 23.9 Å². The van der Waals surface area contributed by atoms with Crippen LogP contribution < -0.4 is 4.74 Å². The Labute approximate surface area is 177 Å². The Morgan fingerprint density at radius 2 is 1.67 bits per heavy atom. The predicted molar refractivity (Wildman–Crippen MR) is 117 cm³/mol. The van der Waals surface area contributed by atoms with Gasteiger partial charge in [0.2, 0.25) is 15.9 Å². The van der Waals surface area contributed by atoms with Crippen LogP contribution in [0.25, 0.3) is 10.8 Å². The second-order valence-electron chi connectivity index (χ2n) is 8.73. The number of piperidine rings is 1. The van der Waals surface area contributed by atoms with E-state index in [1.54, 1.807) is 22.6 Å². The number of nitrogens with zero attached hydrogens (tertiary/aromatic N) is 3. The standard InChI is InChI=1S/C23H27N3O3S/c1-23(2,3)18-8-10-20(11-9-18)30(27,28)26-14-12-19(13-15-26)29-22-21-7-5-4-6-17(21)16-24-25-22/h4-11,16,19H,12-15H2,1-3H3. The van der Waals surface area contributed by atoms with Crippen molar-refractivity contribution in [3.63, 3.8) is 0 Å². The summed E-state index contributed by atoms with van der Waals surface area (Å²) in [6, 6.07) is 15.1. The molecule has 0 N–H and O–H groups in total. The van der Waals surface area contributed by atoms with Crippen molar-refractivity contribution < 1.29 is 13.2 Å². The van der Waals surface area contributed by atoms with Crippen LogP contribution >= 0.6 is 0 Å². The lowest BCUT2D eigenvalue weighted by Crippen LogP contribution is -2.41. The summed E-state index contributed by atoms with van der Waals surface area (Å²) in [6.45, 7) is 7.18. The predicted octanol–water partition coefficient (Wildman–Crippen LogP) is 4.16. The molecule has 3 aromatic rings. The van der Waals surface area contributed by atoms with Crippen LogP contribution in [0.15, 0.2) is 59.6 Å². The molecule has 0 atom stereocenters. The molecule has 0 amide bonds. The van der Waals surface area contributed by atoms with Gasteiger partial charge in [0.25, 0.3) is 0 Å². The van der Waals surface area contributed by atoms with Gasteiger partial charge in [-0.3, -0.25) is 0 Å². The van der Waals surface area contributed by atoms with Crippen molar-refractivity contribution in [2.24, 2.45) is 0 Å². The lowest BCUT2D eigenvalue weighted by atomic mass is 9.87. The van der Waals surface area contributed by atoms with Crippen LogP contribution in [0.4, 0.5) is 0 Å². The van der Waals surface area contributed by atoms with Gasteiger partial charge in [-0.1, -0.05) is 51.1 Å². The molecule has 1 aliphatic heterocycles. The molecule has 2 aromatic carbocycles. The molecule has 0 radical (unpaired) electrons. The van der Waals surface area contributed by atoms with E-state index in [1.165, 1.54) is 0 Å². The van der Waals surface area contributed by atoms with Crippen LogP contribution in [0.3, 0.4) is 0 Å². The van der Waals surface area contributed by atoms with Gasteiger partial charge >= 0.3 is 0 Å². The first-order chi connectivity index (χ1) is 14.2. The Bertz CT molecular complexity index is 1130. The van der Waals surface area contributed by atoms with Crippen molar-refractivity contribution in [3.05, 3.63) is 60.3 Å². The molecular weight excluding hydrogens is 398 g/mol. The van der Waals surface area contributed by atoms with Crippen molar-refractivity contribution in [1.82, 2.24) is 14.5 Å². The molecule has 0 spiro atoms. The third-order valence-corrected chi connectivity index (χ3v) is 7.49. The molecule has 158 valence electrons. The molecule has 1 saturated heterocycles. The van der Waals surface area contributed by atoms with E-state index in [0.29, 0.717) is 36.7 Å². The first-order valence-corrected chi connectivity index (χ1v) is 11.7. The number of fused-ring (bicyclic) bond motifs is 1. The molecule has 7 heteroatoms. The van der Waals surface area contributed by atoms with E-state index in [0.717, 1.165) is 16.3 Å². The Morgan fingerprint density at radius 3 is 2.33 bits per heavy atom. The summed E-state index contributed by atoms with van der Waals surface area (Å²) in [4.78, 5) is 0.342. The summed E-state index contributed by atoms with van der Waals surface area (Å²) in [5, 5.41) is 10.0. The Morgan fingerprint density at radius 1 is 1.00 bits per heavy atom. The first-order valence-electron chi connectivity index (χ1n) is 10.2. The van der Waals surface area contributed by atoms with E-state index < -0.39 is 10.0 Å². The highest BCUT2D eigenvalue weighted by Crippen LogP contribution is 2.28. The monoisotopic (exact) mass is 425 g/mol. The van der Waals surface area contributed by atoms with Crippen molar-refractivity contribution in [2.45, 2.75) is 50.0 Å². The van der Waals surface area contributed by atoms with Crippen LogP contribution in [0.1, 0.15) is 39.2 Å². The third kappa shape index (κ3) is 4.18. The third-order valence-electron chi connectivity index (χ3n) is 5.57. The number of hydrogen-bond donors (Lipinski definition) is 0. The van der Waals surface area contributed by atoms with Crippen LogP contribution in [0.5, 0.6) is 5.88 Å². The van der Waals surface area contributed by atoms with Crippen LogP contribution in [0, 0.1) is 0 Å². The minimum atomic E-state index is -3.51. The Hall–Kier alpha value is -2.51. The van der Waals surface area contributed by atoms with E-state index in [9.17, 15) is 8.42 Å². The molecule has 1 aromatic heterocycles. The molecule has 0 aliphatic carbocycles. The smallest absolute Gasteiger partial charge is 0.243 e. The molecule has 1 fully saturated rings. The minimum Gasteiger partial charge on any atom is -0.473 e. The van der Waals surface area contributed by atoms with Gasteiger partial charge in [0.05, 0.1) is 11.1 Å². The molecule has 2 heterocycles. The highest BCUT2D eigenvalue weighted by molar-refractivity contribution is 7.89. The number of hydrogen-bond acceptors (Lipinski definition) is 5. The number of sulfonamides is 1. The van der Waals surface area contributed by atoms with Gasteiger partial charge in [-0.2, -0.15) is 9.40 Å². The van der Waals surface area contributed by atoms with Gasteiger partial charge in [0.1, 0.15) is 6.10 Å². The SMILES string of the molecule is CC(C)(C)c1ccc(S(=O)(=O)N2CCC(Oc3nncc4ccccc34)CC2)cc1. The zero-order valence-corrected chi connectivity index (χ0v) is 18.4. The second-order valence-corrected chi connectivity index (χ2v) is 10.7. The van der Waals surface area contributed by atoms with E-state index in [1.807, 2.05) is 36.4 Å². The summed E-state index contributed by atoms with van der Waals surface area (Å²) < 4.78 is 33.7. The van der Waals surface area contributed by atoms with Gasteiger partial charge < -0.3 is 4.74 Å². The minimum absolute atomic E-state index is 0.0114. The zero-order valence-electron chi connectivity index (χ0n) is 17.6. The highest BCUT2D eigenvalue weighted by atomic mass is 32.2. The van der Waals surface area contributed by atoms with E-state index in [2.05, 4.69) is 31.0 Å². The van der Waals surface area contributed by atoms with Crippen molar-refractivity contribution in [2.75, 3.05) is 13.1 Å². The summed E-state index contributed by atoms with van der Waals surface area (Å²) in [5.74, 6) is 0.507. The molecule has 30 heavy (non-hydrogen) atoms. The van der Waals surface area contributed by atoms with E-state index >= 15 is 0 Å². The Balaban J connectivity index is 1.43.